The van der Waals surface area contributed by atoms with Crippen LogP contribution in [0.4, 0.5) is 13.2 Å². The largest absolute Gasteiger partial charge is 0.434 e. The third kappa shape index (κ3) is 8.57. The molecule has 0 fully saturated rings. The molecular formula is C20H25ClF3IN4O. The normalized spacial score (nSPS) is 11.4. The Labute approximate surface area is 196 Å². The van der Waals surface area contributed by atoms with E-state index in [4.69, 9.17) is 11.6 Å². The molecule has 0 atom stereocenters. The summed E-state index contributed by atoms with van der Waals surface area (Å²) in [6, 6.07) is 9.35. The molecule has 2 aromatic rings. The van der Waals surface area contributed by atoms with Crippen molar-refractivity contribution >= 4 is 41.5 Å². The minimum Gasteiger partial charge on any atom is -0.434 e. The van der Waals surface area contributed by atoms with E-state index >= 15 is 0 Å². The molecule has 0 aromatic heterocycles. The van der Waals surface area contributed by atoms with Gasteiger partial charge in [-0.1, -0.05) is 17.7 Å². The van der Waals surface area contributed by atoms with Gasteiger partial charge in [-0.2, -0.15) is 8.78 Å². The van der Waals surface area contributed by atoms with Crippen LogP contribution in [-0.4, -0.2) is 38.6 Å². The van der Waals surface area contributed by atoms with Crippen LogP contribution in [0.15, 0.2) is 41.4 Å². The molecule has 30 heavy (non-hydrogen) atoms. The fourth-order valence-electron chi connectivity index (χ4n) is 2.68. The van der Waals surface area contributed by atoms with Gasteiger partial charge in [0.1, 0.15) is 11.6 Å². The molecule has 5 nitrogen and oxygen atoms in total. The van der Waals surface area contributed by atoms with E-state index in [2.05, 4.69) is 20.4 Å². The van der Waals surface area contributed by atoms with Gasteiger partial charge < -0.3 is 20.3 Å². The number of alkyl halides is 2. The minimum absolute atomic E-state index is 0. The quantitative estimate of drug-likeness (QED) is 0.283. The van der Waals surface area contributed by atoms with Crippen LogP contribution in [-0.2, 0) is 19.6 Å². The van der Waals surface area contributed by atoms with Gasteiger partial charge in [0.05, 0.1) is 0 Å². The highest BCUT2D eigenvalue weighted by molar-refractivity contribution is 14.0. The van der Waals surface area contributed by atoms with Crippen LogP contribution in [0.25, 0.3) is 0 Å². The summed E-state index contributed by atoms with van der Waals surface area (Å²) in [5, 5.41) is 6.55. The molecule has 0 saturated carbocycles. The number of halogens is 5. The lowest BCUT2D eigenvalue weighted by Crippen LogP contribution is -2.36. The Balaban J connectivity index is 0.00000450. The molecule has 2 N–H and O–H groups in total. The zero-order valence-electron chi connectivity index (χ0n) is 16.9. The summed E-state index contributed by atoms with van der Waals surface area (Å²) in [7, 11) is 5.34. The Hall–Kier alpha value is -1.72. The summed E-state index contributed by atoms with van der Waals surface area (Å²) in [4.78, 5) is 6.00. The minimum atomic E-state index is -2.93. The van der Waals surface area contributed by atoms with Crippen molar-refractivity contribution < 1.29 is 17.9 Å². The van der Waals surface area contributed by atoms with Crippen LogP contribution in [0.2, 0.25) is 5.02 Å². The summed E-state index contributed by atoms with van der Waals surface area (Å²) in [5.41, 5.74) is 1.96. The molecule has 0 radical (unpaired) electrons. The molecule has 0 bridgehead atoms. The monoisotopic (exact) mass is 556 g/mol. The van der Waals surface area contributed by atoms with Crippen LogP contribution < -0.4 is 15.4 Å². The van der Waals surface area contributed by atoms with Gasteiger partial charge in [0.2, 0.25) is 0 Å². The number of rotatable bonds is 8. The summed E-state index contributed by atoms with van der Waals surface area (Å²) in [5.74, 6) is 0.239. The molecule has 0 spiro atoms. The highest BCUT2D eigenvalue weighted by Crippen LogP contribution is 2.24. The lowest BCUT2D eigenvalue weighted by atomic mass is 10.1. The van der Waals surface area contributed by atoms with Crippen molar-refractivity contribution in [2.24, 2.45) is 4.99 Å². The third-order valence-corrected chi connectivity index (χ3v) is 4.20. The summed E-state index contributed by atoms with van der Waals surface area (Å²) >= 11 is 5.96. The van der Waals surface area contributed by atoms with E-state index in [-0.39, 0.29) is 42.1 Å². The second-order valence-corrected chi connectivity index (χ2v) is 7.01. The first kappa shape index (κ1) is 26.3. The highest BCUT2D eigenvalue weighted by Gasteiger charge is 2.11. The Morgan fingerprint density at radius 3 is 2.43 bits per heavy atom. The molecule has 10 heteroatoms. The molecule has 2 aromatic carbocycles. The first-order valence-electron chi connectivity index (χ1n) is 8.88. The predicted molar refractivity (Wildman–Crippen MR) is 124 cm³/mol. The van der Waals surface area contributed by atoms with Crippen LogP contribution in [0.1, 0.15) is 16.7 Å². The molecule has 0 saturated heterocycles. The van der Waals surface area contributed by atoms with Crippen molar-refractivity contribution in [3.05, 3.63) is 63.9 Å². The molecule has 0 amide bonds. The van der Waals surface area contributed by atoms with Crippen molar-refractivity contribution in [2.45, 2.75) is 26.2 Å². The fourth-order valence-corrected chi connectivity index (χ4v) is 2.88. The average molecular weight is 557 g/mol. The number of hydrogen-bond donors (Lipinski definition) is 2. The Morgan fingerprint density at radius 1 is 1.10 bits per heavy atom. The summed E-state index contributed by atoms with van der Waals surface area (Å²) < 4.78 is 43.6. The topological polar surface area (TPSA) is 48.9 Å². The Bertz CT molecular complexity index is 853. The van der Waals surface area contributed by atoms with Crippen LogP contribution >= 0.6 is 35.6 Å². The van der Waals surface area contributed by atoms with Gasteiger partial charge in [0.25, 0.3) is 0 Å². The molecule has 0 aliphatic heterocycles. The predicted octanol–water partition coefficient (Wildman–Crippen LogP) is 4.63. The van der Waals surface area contributed by atoms with Crippen molar-refractivity contribution in [2.75, 3.05) is 21.1 Å². The number of nitrogens with one attached hydrogen (secondary N) is 2. The Morgan fingerprint density at radius 2 is 1.80 bits per heavy atom. The lowest BCUT2D eigenvalue weighted by Gasteiger charge is -2.16. The van der Waals surface area contributed by atoms with E-state index in [1.807, 2.05) is 19.0 Å². The van der Waals surface area contributed by atoms with Gasteiger partial charge in [-0.3, -0.25) is 4.99 Å². The van der Waals surface area contributed by atoms with Crippen LogP contribution in [0, 0.1) is 5.82 Å². The maximum Gasteiger partial charge on any atom is 0.387 e. The summed E-state index contributed by atoms with van der Waals surface area (Å²) in [6.45, 7) is -1.84. The second-order valence-electron chi connectivity index (χ2n) is 6.57. The van der Waals surface area contributed by atoms with Gasteiger partial charge in [-0.15, -0.1) is 24.0 Å². The molecule has 2 rings (SSSR count). The lowest BCUT2D eigenvalue weighted by molar-refractivity contribution is -0.0504. The van der Waals surface area contributed by atoms with Crippen LogP contribution in [0.5, 0.6) is 5.75 Å². The van der Waals surface area contributed by atoms with E-state index in [1.165, 1.54) is 18.2 Å². The van der Waals surface area contributed by atoms with Crippen molar-refractivity contribution in [1.29, 1.82) is 0 Å². The van der Waals surface area contributed by atoms with Gasteiger partial charge in [-0.05, 0) is 50.0 Å². The standard InChI is InChI=1S/C20H24ClF3N4O.HI/c1-25-20(26-10-13-4-6-17(22)15(8-13)12-28(2)3)27-11-14-9-16(21)5-7-18(14)29-19(23)24;/h4-9,19H,10-12H2,1-3H3,(H2,25,26,27);1H. The van der Waals surface area contributed by atoms with E-state index in [0.717, 1.165) is 5.56 Å². The zero-order valence-corrected chi connectivity index (χ0v) is 20.0. The van der Waals surface area contributed by atoms with Crippen molar-refractivity contribution in [3.8, 4) is 5.75 Å². The number of guanidine groups is 1. The first-order valence-corrected chi connectivity index (χ1v) is 9.26. The van der Waals surface area contributed by atoms with E-state index in [1.54, 1.807) is 25.2 Å². The molecule has 0 heterocycles. The van der Waals surface area contributed by atoms with Crippen LogP contribution in [0.3, 0.4) is 0 Å². The van der Waals surface area contributed by atoms with Crippen molar-refractivity contribution in [1.82, 2.24) is 15.5 Å². The van der Waals surface area contributed by atoms with Gasteiger partial charge in [0.15, 0.2) is 5.96 Å². The molecule has 166 valence electrons. The zero-order chi connectivity index (χ0) is 21.4. The van der Waals surface area contributed by atoms with E-state index in [9.17, 15) is 13.2 Å². The molecule has 0 aliphatic carbocycles. The summed E-state index contributed by atoms with van der Waals surface area (Å²) in [6.07, 6.45) is 0. The van der Waals surface area contributed by atoms with E-state index < -0.39 is 6.61 Å². The van der Waals surface area contributed by atoms with Gasteiger partial charge >= 0.3 is 6.61 Å². The number of aliphatic imine (C=N–C) groups is 1. The maximum absolute atomic E-state index is 13.9. The third-order valence-electron chi connectivity index (χ3n) is 3.97. The van der Waals surface area contributed by atoms with Crippen molar-refractivity contribution in [3.63, 3.8) is 0 Å². The fraction of sp³-hybridized carbons (Fsp3) is 0.350. The highest BCUT2D eigenvalue weighted by atomic mass is 127. The Kier molecular flexibility index (Phi) is 11.3. The molecule has 0 unspecified atom stereocenters. The smallest absolute Gasteiger partial charge is 0.387 e. The first-order chi connectivity index (χ1) is 13.8. The number of ether oxygens (including phenoxy) is 1. The number of benzene rings is 2. The maximum atomic E-state index is 13.9. The van der Waals surface area contributed by atoms with E-state index in [0.29, 0.717) is 35.2 Å². The number of nitrogens with zero attached hydrogens (tertiary/aromatic N) is 2. The second kappa shape index (κ2) is 12.9. The molecule has 0 aliphatic rings. The number of hydrogen-bond acceptors (Lipinski definition) is 3. The molecular weight excluding hydrogens is 532 g/mol. The van der Waals surface area contributed by atoms with Gasteiger partial charge in [0, 0.05) is 42.8 Å². The average Bonchev–Trinajstić information content (AvgIpc) is 2.65. The van der Waals surface area contributed by atoms with Gasteiger partial charge in [-0.25, -0.2) is 4.39 Å². The SMILES string of the molecule is CN=C(NCc1ccc(F)c(CN(C)C)c1)NCc1cc(Cl)ccc1OC(F)F.I.